The zero-order valence-electron chi connectivity index (χ0n) is 8.17. The molecule has 9 heteroatoms. The fourth-order valence-electron chi connectivity index (χ4n) is 0.974. The van der Waals surface area contributed by atoms with Crippen LogP contribution in [-0.2, 0) is 14.8 Å². The Bertz CT molecular complexity index is 362. The summed E-state index contributed by atoms with van der Waals surface area (Å²) < 4.78 is 59.1. The lowest BCUT2D eigenvalue weighted by molar-refractivity contribution is -0.127. The molecule has 94 valence electrons. The fourth-order valence-corrected chi connectivity index (χ4v) is 2.29. The number of hydrogen-bond donors (Lipinski definition) is 2. The maximum atomic E-state index is 11.7. The Hall–Kier alpha value is -0.830. The number of rotatable bonds is 5. The van der Waals surface area contributed by atoms with Crippen molar-refractivity contribution in [3.63, 3.8) is 0 Å². The summed E-state index contributed by atoms with van der Waals surface area (Å²) in [5, 5.41) is 1.24. The van der Waals surface area contributed by atoms with Crippen LogP contribution in [-0.4, -0.2) is 38.8 Å². The van der Waals surface area contributed by atoms with E-state index in [9.17, 15) is 26.4 Å². The SMILES string of the molecule is O=C(CNCC(F)(F)F)NS(=O)(=O)C1CC1. The van der Waals surface area contributed by atoms with Gasteiger partial charge in [0.1, 0.15) is 0 Å². The first-order chi connectivity index (χ1) is 7.21. The van der Waals surface area contributed by atoms with Crippen molar-refractivity contribution >= 4 is 15.9 Å². The number of nitrogens with one attached hydrogen (secondary N) is 2. The molecule has 0 bridgehead atoms. The maximum Gasteiger partial charge on any atom is 0.401 e. The van der Waals surface area contributed by atoms with Gasteiger partial charge in [-0.25, -0.2) is 8.42 Å². The molecule has 16 heavy (non-hydrogen) atoms. The second-order valence-corrected chi connectivity index (χ2v) is 5.45. The highest BCUT2D eigenvalue weighted by Crippen LogP contribution is 2.27. The van der Waals surface area contributed by atoms with Crippen molar-refractivity contribution in [1.82, 2.24) is 10.0 Å². The molecule has 0 aliphatic heterocycles. The van der Waals surface area contributed by atoms with E-state index in [2.05, 4.69) is 0 Å². The number of carbonyl (C=O) groups is 1. The Morgan fingerprint density at radius 1 is 1.31 bits per heavy atom. The van der Waals surface area contributed by atoms with Gasteiger partial charge in [0.2, 0.25) is 15.9 Å². The van der Waals surface area contributed by atoms with Crippen LogP contribution < -0.4 is 10.0 Å². The molecule has 1 amide bonds. The van der Waals surface area contributed by atoms with Crippen LogP contribution in [0, 0.1) is 0 Å². The van der Waals surface area contributed by atoms with Gasteiger partial charge in [-0.1, -0.05) is 0 Å². The van der Waals surface area contributed by atoms with E-state index in [1.165, 1.54) is 0 Å². The first-order valence-electron chi connectivity index (χ1n) is 4.52. The summed E-state index contributed by atoms with van der Waals surface area (Å²) in [7, 11) is -3.67. The molecule has 0 aromatic carbocycles. The first kappa shape index (κ1) is 13.2. The van der Waals surface area contributed by atoms with Crippen molar-refractivity contribution in [1.29, 1.82) is 0 Å². The summed E-state index contributed by atoms with van der Waals surface area (Å²) in [4.78, 5) is 11.0. The van der Waals surface area contributed by atoms with E-state index in [4.69, 9.17) is 0 Å². The minimum absolute atomic E-state index is 0.485. The maximum absolute atomic E-state index is 11.7. The van der Waals surface area contributed by atoms with Crippen LogP contribution in [0.25, 0.3) is 0 Å². The van der Waals surface area contributed by atoms with Crippen molar-refractivity contribution in [3.05, 3.63) is 0 Å². The smallest absolute Gasteiger partial charge is 0.300 e. The Kier molecular flexibility index (Phi) is 3.79. The highest BCUT2D eigenvalue weighted by atomic mass is 32.2. The molecular weight excluding hydrogens is 249 g/mol. The molecule has 0 spiro atoms. The lowest BCUT2D eigenvalue weighted by Crippen LogP contribution is -2.41. The average Bonchev–Trinajstić information content (AvgIpc) is 2.80. The van der Waals surface area contributed by atoms with Gasteiger partial charge < -0.3 is 5.32 Å². The van der Waals surface area contributed by atoms with Crippen LogP contribution in [0.15, 0.2) is 0 Å². The summed E-state index contributed by atoms with van der Waals surface area (Å²) in [6.45, 7) is -2.00. The quantitative estimate of drug-likeness (QED) is 0.714. The van der Waals surface area contributed by atoms with E-state index in [0.29, 0.717) is 12.8 Å². The van der Waals surface area contributed by atoms with Crippen molar-refractivity contribution in [2.75, 3.05) is 13.1 Å². The third-order valence-corrected chi connectivity index (χ3v) is 3.69. The minimum Gasteiger partial charge on any atom is -0.300 e. The van der Waals surface area contributed by atoms with Gasteiger partial charge in [0.05, 0.1) is 18.3 Å². The van der Waals surface area contributed by atoms with Gasteiger partial charge in [0.15, 0.2) is 0 Å². The predicted octanol–water partition coefficient (Wildman–Crippen LogP) is -0.253. The topological polar surface area (TPSA) is 75.3 Å². The van der Waals surface area contributed by atoms with E-state index < -0.39 is 40.4 Å². The second kappa shape index (κ2) is 4.58. The molecule has 0 unspecified atom stereocenters. The van der Waals surface area contributed by atoms with Gasteiger partial charge in [-0.2, -0.15) is 13.2 Å². The lowest BCUT2D eigenvalue weighted by atomic mass is 10.5. The van der Waals surface area contributed by atoms with E-state index >= 15 is 0 Å². The molecule has 1 fully saturated rings. The van der Waals surface area contributed by atoms with Gasteiger partial charge in [0, 0.05) is 0 Å². The van der Waals surface area contributed by atoms with Crippen LogP contribution in [0.1, 0.15) is 12.8 Å². The molecule has 0 radical (unpaired) electrons. The summed E-state index contributed by atoms with van der Waals surface area (Å²) in [6.07, 6.45) is -3.45. The number of amides is 1. The number of carbonyl (C=O) groups excluding carboxylic acids is 1. The molecule has 0 saturated heterocycles. The van der Waals surface area contributed by atoms with E-state index in [1.54, 1.807) is 10.0 Å². The van der Waals surface area contributed by atoms with Crippen LogP contribution in [0.5, 0.6) is 0 Å². The zero-order valence-corrected chi connectivity index (χ0v) is 8.99. The highest BCUT2D eigenvalue weighted by Gasteiger charge is 2.36. The van der Waals surface area contributed by atoms with Gasteiger partial charge in [-0.05, 0) is 12.8 Å². The minimum atomic E-state index is -4.42. The molecule has 0 atom stereocenters. The van der Waals surface area contributed by atoms with Gasteiger partial charge in [-0.15, -0.1) is 0 Å². The van der Waals surface area contributed by atoms with E-state index in [0.717, 1.165) is 0 Å². The number of hydrogen-bond acceptors (Lipinski definition) is 4. The molecule has 5 nitrogen and oxygen atoms in total. The number of sulfonamides is 1. The Labute approximate surface area is 90.4 Å². The largest absolute Gasteiger partial charge is 0.401 e. The summed E-state index contributed by atoms with van der Waals surface area (Å²) >= 11 is 0. The Morgan fingerprint density at radius 3 is 2.31 bits per heavy atom. The average molecular weight is 260 g/mol. The van der Waals surface area contributed by atoms with Crippen LogP contribution in [0.2, 0.25) is 0 Å². The molecule has 1 aliphatic rings. The van der Waals surface area contributed by atoms with Gasteiger partial charge in [-0.3, -0.25) is 9.52 Å². The van der Waals surface area contributed by atoms with Gasteiger partial charge in [0.25, 0.3) is 0 Å². The van der Waals surface area contributed by atoms with Crippen molar-refractivity contribution in [2.45, 2.75) is 24.3 Å². The molecule has 0 heterocycles. The van der Waals surface area contributed by atoms with Crippen LogP contribution in [0.3, 0.4) is 0 Å². The number of halogens is 3. The highest BCUT2D eigenvalue weighted by molar-refractivity contribution is 7.90. The summed E-state index contributed by atoms with van der Waals surface area (Å²) in [5.41, 5.74) is 0. The summed E-state index contributed by atoms with van der Waals surface area (Å²) in [5.74, 6) is -0.976. The predicted molar refractivity (Wildman–Crippen MR) is 49.0 cm³/mol. The van der Waals surface area contributed by atoms with Crippen LogP contribution in [0.4, 0.5) is 13.2 Å². The van der Waals surface area contributed by atoms with Crippen molar-refractivity contribution in [3.8, 4) is 0 Å². The molecule has 1 rings (SSSR count). The molecule has 0 aromatic rings. The third kappa shape index (κ3) is 4.79. The standard InChI is InChI=1S/C7H11F3N2O3S/c8-7(9,10)4-11-3-6(13)12-16(14,15)5-1-2-5/h5,11H,1-4H2,(H,12,13). The Balaban J connectivity index is 2.26. The monoisotopic (exact) mass is 260 g/mol. The zero-order chi connectivity index (χ0) is 12.4. The van der Waals surface area contributed by atoms with Crippen molar-refractivity contribution in [2.24, 2.45) is 0 Å². The van der Waals surface area contributed by atoms with Gasteiger partial charge >= 0.3 is 6.18 Å². The number of alkyl halides is 3. The van der Waals surface area contributed by atoms with E-state index in [-0.39, 0.29) is 0 Å². The summed E-state index contributed by atoms with van der Waals surface area (Å²) in [6, 6.07) is 0. The van der Waals surface area contributed by atoms with Crippen LogP contribution >= 0.6 is 0 Å². The second-order valence-electron chi connectivity index (χ2n) is 3.49. The molecule has 1 aliphatic carbocycles. The molecular formula is C7H11F3N2O3S. The van der Waals surface area contributed by atoms with Crippen molar-refractivity contribution < 1.29 is 26.4 Å². The molecule has 2 N–H and O–H groups in total. The molecule has 0 aromatic heterocycles. The van der Waals surface area contributed by atoms with E-state index in [1.807, 2.05) is 0 Å². The third-order valence-electron chi connectivity index (χ3n) is 1.83. The fraction of sp³-hybridized carbons (Fsp3) is 0.857. The molecule has 1 saturated carbocycles. The first-order valence-corrected chi connectivity index (χ1v) is 6.07. The Morgan fingerprint density at radius 2 is 1.88 bits per heavy atom. The lowest BCUT2D eigenvalue weighted by Gasteiger charge is -2.08. The normalized spacial score (nSPS) is 17.2.